The smallest absolute Gasteiger partial charge is 0.302 e. The number of nitrogens with one attached hydrogen (secondary N) is 1. The first-order valence-corrected chi connectivity index (χ1v) is 9.08. The zero-order valence-corrected chi connectivity index (χ0v) is 16.5. The normalized spacial score (nSPS) is 23.8. The highest BCUT2D eigenvalue weighted by Crippen LogP contribution is 2.48. The summed E-state index contributed by atoms with van der Waals surface area (Å²) in [5.74, 6) is -4.80. The number of thiocarbonyl (C=S) groups is 1. The monoisotopic (exact) mass is 412 g/mol. The van der Waals surface area contributed by atoms with Gasteiger partial charge in [0.1, 0.15) is 27.8 Å². The molecule has 1 aliphatic rings. The second kappa shape index (κ2) is 7.08. The van der Waals surface area contributed by atoms with Crippen LogP contribution in [-0.4, -0.2) is 28.1 Å². The number of aromatic nitrogens is 1. The summed E-state index contributed by atoms with van der Waals surface area (Å²) in [4.78, 5) is 3.84. The van der Waals surface area contributed by atoms with Crippen LogP contribution < -0.4 is 5.32 Å². The standard InChI is InChI=1S/C20H20F4N2OS/c1-18(2)20(23,24)19(3,26-17(28)11-27-18)15-8-12(4-5-16(15)22)6-13-7-14(21)10-25-9-13/h4-5,7-10H,6,11H2,1-3H3,(H,26,28)/t19-/m1/s1. The maximum Gasteiger partial charge on any atom is 0.302 e. The van der Waals surface area contributed by atoms with Crippen molar-refractivity contribution in [1.82, 2.24) is 10.3 Å². The van der Waals surface area contributed by atoms with Crippen molar-refractivity contribution in [2.24, 2.45) is 0 Å². The maximum absolute atomic E-state index is 15.5. The summed E-state index contributed by atoms with van der Waals surface area (Å²) < 4.78 is 64.3. The molecule has 1 fully saturated rings. The fourth-order valence-electron chi connectivity index (χ4n) is 3.42. The van der Waals surface area contributed by atoms with Gasteiger partial charge in [-0.15, -0.1) is 0 Å². The van der Waals surface area contributed by atoms with Gasteiger partial charge < -0.3 is 10.1 Å². The largest absolute Gasteiger partial charge is 0.363 e. The lowest BCUT2D eigenvalue weighted by Crippen LogP contribution is -2.62. The van der Waals surface area contributed by atoms with Crippen molar-refractivity contribution in [3.05, 3.63) is 65.0 Å². The number of nitrogens with zero attached hydrogens (tertiary/aromatic N) is 1. The van der Waals surface area contributed by atoms with Crippen molar-refractivity contribution in [1.29, 1.82) is 0 Å². The van der Waals surface area contributed by atoms with E-state index in [0.717, 1.165) is 12.3 Å². The molecule has 150 valence electrons. The Balaban J connectivity index is 2.09. The Labute approximate surface area is 166 Å². The van der Waals surface area contributed by atoms with Crippen molar-refractivity contribution in [2.45, 2.75) is 44.3 Å². The molecule has 2 heterocycles. The van der Waals surface area contributed by atoms with Crippen LogP contribution >= 0.6 is 12.2 Å². The molecule has 0 saturated carbocycles. The third-order valence-corrected chi connectivity index (χ3v) is 5.30. The molecule has 0 radical (unpaired) electrons. The SMILES string of the molecule is CC1(C)OCC(=S)N[C@](C)(c2cc(Cc3cncc(F)c3)ccc2F)C1(F)F. The highest BCUT2D eigenvalue weighted by Gasteiger charge is 2.64. The Hall–Kier alpha value is -2.06. The second-order valence-electron chi connectivity index (χ2n) is 7.55. The van der Waals surface area contributed by atoms with E-state index in [1.54, 1.807) is 0 Å². The first-order chi connectivity index (χ1) is 13.0. The molecule has 2 aromatic rings. The summed E-state index contributed by atoms with van der Waals surface area (Å²) in [6.45, 7) is 3.52. The topological polar surface area (TPSA) is 34.1 Å². The summed E-state index contributed by atoms with van der Waals surface area (Å²) in [5.41, 5.74) is -3.17. The molecule has 0 aliphatic carbocycles. The van der Waals surface area contributed by atoms with Gasteiger partial charge in [0.05, 0.1) is 12.8 Å². The zero-order chi connectivity index (χ0) is 20.7. The Morgan fingerprint density at radius 3 is 2.50 bits per heavy atom. The Morgan fingerprint density at radius 1 is 1.11 bits per heavy atom. The van der Waals surface area contributed by atoms with Crippen LogP contribution in [0.3, 0.4) is 0 Å². The third kappa shape index (κ3) is 3.51. The Kier molecular flexibility index (Phi) is 5.22. The molecule has 1 saturated heterocycles. The van der Waals surface area contributed by atoms with Crippen LogP contribution in [0.25, 0.3) is 0 Å². The summed E-state index contributed by atoms with van der Waals surface area (Å²) in [6.07, 6.45) is 2.75. The van der Waals surface area contributed by atoms with Crippen LogP contribution in [0.4, 0.5) is 17.6 Å². The van der Waals surface area contributed by atoms with Gasteiger partial charge in [-0.2, -0.15) is 0 Å². The number of hydrogen-bond donors (Lipinski definition) is 1. The molecule has 1 N–H and O–H groups in total. The molecular formula is C20H20F4N2OS. The van der Waals surface area contributed by atoms with Gasteiger partial charge in [-0.25, -0.2) is 17.6 Å². The van der Waals surface area contributed by atoms with Gasteiger partial charge in [0, 0.05) is 11.8 Å². The van der Waals surface area contributed by atoms with Gasteiger partial charge in [-0.1, -0.05) is 18.3 Å². The molecule has 0 bridgehead atoms. The molecule has 8 heteroatoms. The van der Waals surface area contributed by atoms with E-state index in [9.17, 15) is 8.78 Å². The van der Waals surface area contributed by atoms with E-state index >= 15 is 8.78 Å². The minimum absolute atomic E-state index is 0.0619. The Bertz CT molecular complexity index is 919. The molecule has 0 unspecified atom stereocenters. The summed E-state index contributed by atoms with van der Waals surface area (Å²) in [7, 11) is 0. The van der Waals surface area contributed by atoms with E-state index in [-0.39, 0.29) is 23.6 Å². The van der Waals surface area contributed by atoms with Crippen LogP contribution in [0.2, 0.25) is 0 Å². The predicted molar refractivity (Wildman–Crippen MR) is 101 cm³/mol. The van der Waals surface area contributed by atoms with Gasteiger partial charge in [0.2, 0.25) is 0 Å². The van der Waals surface area contributed by atoms with Crippen molar-refractivity contribution >= 4 is 17.2 Å². The quantitative estimate of drug-likeness (QED) is 0.594. The molecule has 28 heavy (non-hydrogen) atoms. The number of benzene rings is 1. The van der Waals surface area contributed by atoms with E-state index in [1.165, 1.54) is 45.2 Å². The number of alkyl halides is 2. The fourth-order valence-corrected chi connectivity index (χ4v) is 3.69. The molecule has 1 aliphatic heterocycles. The van der Waals surface area contributed by atoms with Gasteiger partial charge in [-0.05, 0) is 56.5 Å². The highest BCUT2D eigenvalue weighted by molar-refractivity contribution is 7.80. The average molecular weight is 412 g/mol. The van der Waals surface area contributed by atoms with Crippen LogP contribution in [-0.2, 0) is 16.7 Å². The van der Waals surface area contributed by atoms with Crippen LogP contribution in [0.15, 0.2) is 36.7 Å². The molecule has 0 amide bonds. The lowest BCUT2D eigenvalue weighted by molar-refractivity contribution is -0.216. The molecule has 3 rings (SSSR count). The number of ether oxygens (including phenoxy) is 1. The number of pyridine rings is 1. The van der Waals surface area contributed by atoms with E-state index in [0.29, 0.717) is 11.1 Å². The number of hydrogen-bond acceptors (Lipinski definition) is 3. The summed E-state index contributed by atoms with van der Waals surface area (Å²) >= 11 is 5.10. The minimum atomic E-state index is -3.50. The van der Waals surface area contributed by atoms with E-state index in [1.807, 2.05) is 0 Å². The Morgan fingerprint density at radius 2 is 1.82 bits per heavy atom. The lowest BCUT2D eigenvalue weighted by atomic mass is 9.77. The molecule has 3 nitrogen and oxygen atoms in total. The third-order valence-electron chi connectivity index (χ3n) is 5.08. The first kappa shape index (κ1) is 20.7. The van der Waals surface area contributed by atoms with Crippen LogP contribution in [0, 0.1) is 11.6 Å². The predicted octanol–water partition coefficient (Wildman–Crippen LogP) is 4.53. The van der Waals surface area contributed by atoms with E-state index < -0.39 is 28.7 Å². The molecule has 1 aromatic heterocycles. The average Bonchev–Trinajstić information content (AvgIpc) is 2.66. The molecule has 1 atom stereocenters. The first-order valence-electron chi connectivity index (χ1n) is 8.67. The summed E-state index contributed by atoms with van der Waals surface area (Å²) in [5, 5.41) is 2.60. The van der Waals surface area contributed by atoms with Crippen molar-refractivity contribution < 1.29 is 22.3 Å². The summed E-state index contributed by atoms with van der Waals surface area (Å²) in [6, 6.07) is 5.25. The number of rotatable bonds is 3. The van der Waals surface area contributed by atoms with Crippen LogP contribution in [0.5, 0.6) is 0 Å². The zero-order valence-electron chi connectivity index (χ0n) is 15.7. The second-order valence-corrected chi connectivity index (χ2v) is 8.04. The number of halogens is 4. The maximum atomic E-state index is 15.5. The van der Waals surface area contributed by atoms with E-state index in [4.69, 9.17) is 17.0 Å². The van der Waals surface area contributed by atoms with Crippen molar-refractivity contribution in [2.75, 3.05) is 6.61 Å². The molecular weight excluding hydrogens is 392 g/mol. The van der Waals surface area contributed by atoms with Gasteiger partial charge in [0.25, 0.3) is 0 Å². The lowest BCUT2D eigenvalue weighted by Gasteiger charge is -2.44. The molecule has 0 spiro atoms. The van der Waals surface area contributed by atoms with Crippen molar-refractivity contribution in [3.63, 3.8) is 0 Å². The van der Waals surface area contributed by atoms with E-state index in [2.05, 4.69) is 10.3 Å². The fraction of sp³-hybridized carbons (Fsp3) is 0.400. The minimum Gasteiger partial charge on any atom is -0.363 e. The van der Waals surface area contributed by atoms with Gasteiger partial charge in [0.15, 0.2) is 0 Å². The molecule has 1 aromatic carbocycles. The van der Waals surface area contributed by atoms with Crippen molar-refractivity contribution in [3.8, 4) is 0 Å². The van der Waals surface area contributed by atoms with Crippen LogP contribution in [0.1, 0.15) is 37.5 Å². The highest BCUT2D eigenvalue weighted by atomic mass is 32.1. The van der Waals surface area contributed by atoms with Gasteiger partial charge in [-0.3, -0.25) is 4.98 Å². The van der Waals surface area contributed by atoms with Gasteiger partial charge >= 0.3 is 5.92 Å².